The summed E-state index contributed by atoms with van der Waals surface area (Å²) in [6, 6.07) is 7.38. The Morgan fingerprint density at radius 1 is 1.11 bits per heavy atom. The van der Waals surface area contributed by atoms with Crippen LogP contribution in [0.2, 0.25) is 0 Å². The molecule has 0 unspecified atom stereocenters. The van der Waals surface area contributed by atoms with E-state index in [1.54, 1.807) is 25.4 Å². The van der Waals surface area contributed by atoms with Gasteiger partial charge in [-0.25, -0.2) is 19.3 Å². The molecule has 1 aromatic carbocycles. The van der Waals surface area contributed by atoms with Crippen molar-refractivity contribution in [1.82, 2.24) is 29.3 Å². The molecular weight excluding hydrogens is 489 g/mol. The third kappa shape index (κ3) is 5.85. The molecule has 2 saturated heterocycles. The number of hydrogen-bond donors (Lipinski definition) is 1. The molecule has 2 aliphatic rings. The second-order valence-corrected chi connectivity index (χ2v) is 9.62. The minimum Gasteiger partial charge on any atom is -0.383 e. The van der Waals surface area contributed by atoms with E-state index in [-0.39, 0.29) is 23.6 Å². The third-order valence-electron chi connectivity index (χ3n) is 7.18. The predicted octanol–water partition coefficient (Wildman–Crippen LogP) is 3.29. The summed E-state index contributed by atoms with van der Waals surface area (Å²) < 4.78 is 27.6. The van der Waals surface area contributed by atoms with E-state index in [4.69, 9.17) is 9.47 Å². The topological polar surface area (TPSA) is 97.6 Å². The second kappa shape index (κ2) is 12.0. The molecule has 38 heavy (non-hydrogen) atoms. The van der Waals surface area contributed by atoms with Crippen LogP contribution < -0.4 is 5.32 Å². The number of rotatable bonds is 8. The zero-order chi connectivity index (χ0) is 26.5. The Hall–Kier alpha value is -3.41. The molecule has 0 spiro atoms. The first-order valence-corrected chi connectivity index (χ1v) is 13.1. The quantitative estimate of drug-likeness (QED) is 0.481. The minimum absolute atomic E-state index is 0.0139. The molecule has 202 valence electrons. The number of imidazole rings is 1. The number of benzene rings is 1. The number of ether oxygens (including phenoxy) is 2. The summed E-state index contributed by atoms with van der Waals surface area (Å²) in [5, 5.41) is 3.14. The SMILES string of the molecule is COCCN1CCN(C(=O)c2ccc(Nc3ncc(F)c(-c4cnc(C)n4C4CCOCC4)n3)cc2)CC1. The Morgan fingerprint density at radius 2 is 1.84 bits per heavy atom. The van der Waals surface area contributed by atoms with Crippen molar-refractivity contribution < 1.29 is 18.7 Å². The lowest BCUT2D eigenvalue weighted by molar-refractivity contribution is 0.0594. The van der Waals surface area contributed by atoms with Gasteiger partial charge in [-0.05, 0) is 44.0 Å². The first kappa shape index (κ1) is 26.2. The van der Waals surface area contributed by atoms with Gasteiger partial charge in [0.05, 0.1) is 24.7 Å². The fraction of sp³-hybridized carbons (Fsp3) is 0.481. The number of aromatic nitrogens is 4. The van der Waals surface area contributed by atoms with E-state index in [1.807, 2.05) is 24.0 Å². The molecule has 0 atom stereocenters. The van der Waals surface area contributed by atoms with Crippen molar-refractivity contribution in [2.45, 2.75) is 25.8 Å². The van der Waals surface area contributed by atoms with Crippen molar-refractivity contribution >= 4 is 17.5 Å². The number of carbonyl (C=O) groups is 1. The van der Waals surface area contributed by atoms with Crippen molar-refractivity contribution in [2.75, 3.05) is 65.0 Å². The smallest absolute Gasteiger partial charge is 0.253 e. The molecule has 1 amide bonds. The van der Waals surface area contributed by atoms with E-state index >= 15 is 0 Å². The zero-order valence-corrected chi connectivity index (χ0v) is 21.9. The molecule has 0 aliphatic carbocycles. The second-order valence-electron chi connectivity index (χ2n) is 9.62. The monoisotopic (exact) mass is 523 g/mol. The highest BCUT2D eigenvalue weighted by molar-refractivity contribution is 5.94. The number of piperazine rings is 1. The number of amides is 1. The van der Waals surface area contributed by atoms with E-state index in [9.17, 15) is 9.18 Å². The van der Waals surface area contributed by atoms with Crippen LogP contribution >= 0.6 is 0 Å². The largest absolute Gasteiger partial charge is 0.383 e. The van der Waals surface area contributed by atoms with Crippen molar-refractivity contribution in [3.63, 3.8) is 0 Å². The summed E-state index contributed by atoms with van der Waals surface area (Å²) in [6.45, 7) is 7.90. The molecule has 0 radical (unpaired) electrons. The van der Waals surface area contributed by atoms with Crippen molar-refractivity contribution in [3.05, 3.63) is 53.9 Å². The van der Waals surface area contributed by atoms with Gasteiger partial charge in [0, 0.05) is 70.3 Å². The molecule has 0 saturated carbocycles. The van der Waals surface area contributed by atoms with E-state index in [1.165, 1.54) is 6.20 Å². The molecule has 10 nitrogen and oxygen atoms in total. The maximum atomic E-state index is 14.9. The summed E-state index contributed by atoms with van der Waals surface area (Å²) >= 11 is 0. The van der Waals surface area contributed by atoms with Gasteiger partial charge in [0.25, 0.3) is 5.91 Å². The number of nitrogens with one attached hydrogen (secondary N) is 1. The van der Waals surface area contributed by atoms with E-state index in [2.05, 4.69) is 29.7 Å². The third-order valence-corrected chi connectivity index (χ3v) is 7.18. The van der Waals surface area contributed by atoms with Crippen LogP contribution in [0.1, 0.15) is 35.1 Å². The highest BCUT2D eigenvalue weighted by atomic mass is 19.1. The van der Waals surface area contributed by atoms with E-state index in [0.29, 0.717) is 49.9 Å². The maximum Gasteiger partial charge on any atom is 0.253 e. The number of anilines is 2. The average Bonchev–Trinajstić information content (AvgIpc) is 3.34. The molecule has 0 bridgehead atoms. The Balaban J connectivity index is 1.26. The molecular formula is C27H34FN7O3. The van der Waals surface area contributed by atoms with Gasteiger partial charge in [0.1, 0.15) is 11.5 Å². The fourth-order valence-electron chi connectivity index (χ4n) is 5.04. The lowest BCUT2D eigenvalue weighted by Crippen LogP contribution is -2.49. The number of methoxy groups -OCH3 is 1. The Kier molecular flexibility index (Phi) is 8.26. The molecule has 2 fully saturated rings. The van der Waals surface area contributed by atoms with Gasteiger partial charge in [-0.3, -0.25) is 9.69 Å². The van der Waals surface area contributed by atoms with E-state index < -0.39 is 5.82 Å². The van der Waals surface area contributed by atoms with Crippen LogP contribution in [-0.2, 0) is 9.47 Å². The molecule has 2 aromatic heterocycles. The van der Waals surface area contributed by atoms with Crippen LogP contribution in [0.15, 0.2) is 36.7 Å². The first-order valence-electron chi connectivity index (χ1n) is 13.1. The molecule has 11 heteroatoms. The fourth-order valence-corrected chi connectivity index (χ4v) is 5.04. The number of halogens is 1. The van der Waals surface area contributed by atoms with Crippen LogP contribution in [0, 0.1) is 12.7 Å². The van der Waals surface area contributed by atoms with Gasteiger partial charge >= 0.3 is 0 Å². The van der Waals surface area contributed by atoms with Crippen molar-refractivity contribution in [2.24, 2.45) is 0 Å². The number of nitrogens with zero attached hydrogens (tertiary/aromatic N) is 6. The van der Waals surface area contributed by atoms with Gasteiger partial charge in [-0.2, -0.15) is 0 Å². The molecule has 1 N–H and O–H groups in total. The Morgan fingerprint density at radius 3 is 2.55 bits per heavy atom. The standard InChI is InChI=1S/C27H34FN7O3/c1-19-29-18-24(35(19)22-7-14-38-15-8-22)25-23(28)17-30-27(32-25)31-21-5-3-20(4-6-21)26(36)34-11-9-33(10-12-34)13-16-37-2/h3-6,17-18,22H,7-16H2,1-2H3,(H,30,31,32). The van der Waals surface area contributed by atoms with Gasteiger partial charge in [0.2, 0.25) is 5.95 Å². The highest BCUT2D eigenvalue weighted by Crippen LogP contribution is 2.31. The molecule has 5 rings (SSSR count). The van der Waals surface area contributed by atoms with Crippen LogP contribution in [0.25, 0.3) is 11.4 Å². The Bertz CT molecular complexity index is 1240. The molecule has 4 heterocycles. The van der Waals surface area contributed by atoms with Gasteiger partial charge in [-0.15, -0.1) is 0 Å². The summed E-state index contributed by atoms with van der Waals surface area (Å²) in [6.07, 6.45) is 4.52. The Labute approximate surface area is 221 Å². The molecule has 2 aliphatic heterocycles. The van der Waals surface area contributed by atoms with Crippen LogP contribution in [0.4, 0.5) is 16.0 Å². The van der Waals surface area contributed by atoms with E-state index in [0.717, 1.165) is 38.3 Å². The van der Waals surface area contributed by atoms with Gasteiger partial charge in [-0.1, -0.05) is 0 Å². The maximum absolute atomic E-state index is 14.9. The minimum atomic E-state index is -0.507. The van der Waals surface area contributed by atoms with Crippen LogP contribution in [0.5, 0.6) is 0 Å². The number of hydrogen-bond acceptors (Lipinski definition) is 8. The molecule has 3 aromatic rings. The lowest BCUT2D eigenvalue weighted by Gasteiger charge is -2.34. The van der Waals surface area contributed by atoms with Crippen molar-refractivity contribution in [1.29, 1.82) is 0 Å². The van der Waals surface area contributed by atoms with Gasteiger partial charge in [0.15, 0.2) is 5.82 Å². The van der Waals surface area contributed by atoms with Crippen molar-refractivity contribution in [3.8, 4) is 11.4 Å². The van der Waals surface area contributed by atoms with Crippen LogP contribution in [-0.4, -0.2) is 94.9 Å². The highest BCUT2D eigenvalue weighted by Gasteiger charge is 2.24. The first-order chi connectivity index (χ1) is 18.5. The van der Waals surface area contributed by atoms with Crippen LogP contribution in [0.3, 0.4) is 0 Å². The number of carbonyl (C=O) groups excluding carboxylic acids is 1. The normalized spacial score (nSPS) is 17.1. The predicted molar refractivity (Wildman–Crippen MR) is 141 cm³/mol. The summed E-state index contributed by atoms with van der Waals surface area (Å²) in [5.41, 5.74) is 2.15. The summed E-state index contributed by atoms with van der Waals surface area (Å²) in [7, 11) is 1.70. The van der Waals surface area contributed by atoms with Gasteiger partial charge < -0.3 is 24.3 Å². The summed E-state index contributed by atoms with van der Waals surface area (Å²) in [5.74, 6) is 0.591. The number of aryl methyl sites for hydroxylation is 1. The zero-order valence-electron chi connectivity index (χ0n) is 21.9. The lowest BCUT2D eigenvalue weighted by atomic mass is 10.1. The average molecular weight is 524 g/mol. The summed E-state index contributed by atoms with van der Waals surface area (Å²) in [4.78, 5) is 30.2.